The van der Waals surface area contributed by atoms with Crippen LogP contribution in [0, 0.1) is 0 Å². The van der Waals surface area contributed by atoms with E-state index in [4.69, 9.17) is 14.9 Å². The molecule has 0 aliphatic carbocycles. The van der Waals surface area contributed by atoms with Gasteiger partial charge in [-0.25, -0.2) is 4.98 Å². The van der Waals surface area contributed by atoms with Gasteiger partial charge in [-0.3, -0.25) is 0 Å². The molecule has 1 aromatic heterocycles. The van der Waals surface area contributed by atoms with Crippen LogP contribution in [0.2, 0.25) is 0 Å². The van der Waals surface area contributed by atoms with E-state index in [1.165, 1.54) is 5.56 Å². The number of anilines is 1. The van der Waals surface area contributed by atoms with Crippen molar-refractivity contribution in [2.45, 2.75) is 12.8 Å². The third kappa shape index (κ3) is 2.53. The Bertz CT molecular complexity index is 448. The zero-order chi connectivity index (χ0) is 11.4. The van der Waals surface area contributed by atoms with Crippen LogP contribution in [0.1, 0.15) is 11.3 Å². The van der Waals surface area contributed by atoms with Gasteiger partial charge in [0.15, 0.2) is 0 Å². The quantitative estimate of drug-likeness (QED) is 0.853. The lowest BCUT2D eigenvalue weighted by molar-refractivity contribution is 0.414. The van der Waals surface area contributed by atoms with Crippen molar-refractivity contribution < 1.29 is 9.15 Å². The first-order valence-electron chi connectivity index (χ1n) is 5.11. The number of aryl methyl sites for hydroxylation is 2. The van der Waals surface area contributed by atoms with Gasteiger partial charge in [0.2, 0.25) is 0 Å². The highest BCUT2D eigenvalue weighted by molar-refractivity contribution is 5.27. The van der Waals surface area contributed by atoms with E-state index in [0.717, 1.165) is 24.4 Å². The van der Waals surface area contributed by atoms with Gasteiger partial charge in [0.1, 0.15) is 11.5 Å². The number of aromatic nitrogens is 1. The van der Waals surface area contributed by atoms with Gasteiger partial charge in [-0.15, -0.1) is 0 Å². The Labute approximate surface area is 94.1 Å². The number of hydrogen-bond acceptors (Lipinski definition) is 4. The van der Waals surface area contributed by atoms with Crippen LogP contribution in [0.3, 0.4) is 0 Å². The molecule has 0 atom stereocenters. The Morgan fingerprint density at radius 3 is 2.56 bits per heavy atom. The van der Waals surface area contributed by atoms with Crippen LogP contribution >= 0.6 is 0 Å². The molecule has 1 aromatic carbocycles. The van der Waals surface area contributed by atoms with Gasteiger partial charge in [-0.1, -0.05) is 12.1 Å². The molecule has 0 unspecified atom stereocenters. The molecule has 4 nitrogen and oxygen atoms in total. The molecule has 2 N–H and O–H groups in total. The highest BCUT2D eigenvalue weighted by Gasteiger charge is 2.01. The Balaban J connectivity index is 1.94. The summed E-state index contributed by atoms with van der Waals surface area (Å²) in [5.74, 6) is 1.68. The third-order valence-electron chi connectivity index (χ3n) is 2.39. The molecule has 0 fully saturated rings. The highest BCUT2D eigenvalue weighted by Crippen LogP contribution is 2.14. The van der Waals surface area contributed by atoms with Crippen LogP contribution in [0.15, 0.2) is 34.9 Å². The first kappa shape index (κ1) is 10.5. The summed E-state index contributed by atoms with van der Waals surface area (Å²) in [5.41, 5.74) is 6.62. The zero-order valence-corrected chi connectivity index (χ0v) is 9.14. The Morgan fingerprint density at radius 1 is 1.25 bits per heavy atom. The fourth-order valence-electron chi connectivity index (χ4n) is 1.50. The average Bonchev–Trinajstić information content (AvgIpc) is 2.73. The number of nitrogens with zero attached hydrogens (tertiary/aromatic N) is 1. The van der Waals surface area contributed by atoms with Crippen LogP contribution in [0.25, 0.3) is 0 Å². The monoisotopic (exact) mass is 218 g/mol. The summed E-state index contributed by atoms with van der Waals surface area (Å²) in [5, 5.41) is 0. The first-order valence-corrected chi connectivity index (χ1v) is 5.11. The van der Waals surface area contributed by atoms with Gasteiger partial charge < -0.3 is 14.9 Å². The molecule has 16 heavy (non-hydrogen) atoms. The molecule has 0 bridgehead atoms. The second kappa shape index (κ2) is 4.70. The van der Waals surface area contributed by atoms with E-state index >= 15 is 0 Å². The molecule has 2 aromatic rings. The molecule has 0 spiro atoms. The van der Waals surface area contributed by atoms with E-state index in [9.17, 15) is 0 Å². The lowest BCUT2D eigenvalue weighted by atomic mass is 10.1. The summed E-state index contributed by atoms with van der Waals surface area (Å²) in [7, 11) is 1.66. The van der Waals surface area contributed by atoms with Crippen molar-refractivity contribution in [2.24, 2.45) is 0 Å². The number of nitrogens with two attached hydrogens (primary N) is 1. The standard InChI is InChI=1S/C12H14N2O2/c1-15-10-5-2-9(3-6-10)4-7-11-8-14-12(13)16-11/h2-3,5-6,8H,4,7H2,1H3,(H2,13,14). The minimum Gasteiger partial charge on any atom is -0.497 e. The molecule has 0 saturated carbocycles. The number of oxazole rings is 1. The van der Waals surface area contributed by atoms with Gasteiger partial charge in [0.25, 0.3) is 6.01 Å². The van der Waals surface area contributed by atoms with E-state index in [2.05, 4.69) is 4.98 Å². The molecule has 4 heteroatoms. The highest BCUT2D eigenvalue weighted by atomic mass is 16.5. The van der Waals surface area contributed by atoms with E-state index < -0.39 is 0 Å². The van der Waals surface area contributed by atoms with Crippen molar-refractivity contribution >= 4 is 6.01 Å². The third-order valence-corrected chi connectivity index (χ3v) is 2.39. The van der Waals surface area contributed by atoms with Crippen molar-refractivity contribution in [1.29, 1.82) is 0 Å². The number of nitrogen functional groups attached to an aromatic ring is 1. The molecule has 0 aliphatic rings. The first-order chi connectivity index (χ1) is 7.78. The molecule has 0 amide bonds. The molecule has 84 valence electrons. The molecule has 2 rings (SSSR count). The zero-order valence-electron chi connectivity index (χ0n) is 9.14. The molecule has 0 radical (unpaired) electrons. The van der Waals surface area contributed by atoms with Crippen molar-refractivity contribution in [2.75, 3.05) is 12.8 Å². The van der Waals surface area contributed by atoms with Gasteiger partial charge in [-0.05, 0) is 24.1 Å². The SMILES string of the molecule is COc1ccc(CCc2cnc(N)o2)cc1. The summed E-state index contributed by atoms with van der Waals surface area (Å²) in [4.78, 5) is 3.85. The van der Waals surface area contributed by atoms with Gasteiger partial charge in [0.05, 0.1) is 13.3 Å². The minimum atomic E-state index is 0.227. The predicted molar refractivity (Wildman–Crippen MR) is 61.3 cm³/mol. The lowest BCUT2D eigenvalue weighted by Crippen LogP contribution is -1.90. The Morgan fingerprint density at radius 2 is 2.00 bits per heavy atom. The molecule has 1 heterocycles. The predicted octanol–water partition coefficient (Wildman–Crippen LogP) is 2.05. The Kier molecular flexibility index (Phi) is 3.10. The summed E-state index contributed by atoms with van der Waals surface area (Å²) < 4.78 is 10.3. The summed E-state index contributed by atoms with van der Waals surface area (Å²) in [6.45, 7) is 0. The maximum atomic E-state index is 5.39. The fraction of sp³-hybridized carbons (Fsp3) is 0.250. The number of rotatable bonds is 4. The maximum Gasteiger partial charge on any atom is 0.292 e. The number of ether oxygens (including phenoxy) is 1. The number of hydrogen-bond donors (Lipinski definition) is 1. The molecular weight excluding hydrogens is 204 g/mol. The second-order valence-electron chi connectivity index (χ2n) is 3.51. The molecular formula is C12H14N2O2. The normalized spacial score (nSPS) is 10.3. The van der Waals surface area contributed by atoms with E-state index in [1.807, 2.05) is 24.3 Å². The second-order valence-corrected chi connectivity index (χ2v) is 3.51. The van der Waals surface area contributed by atoms with Crippen LogP contribution in [0.4, 0.5) is 6.01 Å². The van der Waals surface area contributed by atoms with E-state index in [0.29, 0.717) is 0 Å². The smallest absolute Gasteiger partial charge is 0.292 e. The van der Waals surface area contributed by atoms with Gasteiger partial charge >= 0.3 is 0 Å². The van der Waals surface area contributed by atoms with E-state index in [-0.39, 0.29) is 6.01 Å². The van der Waals surface area contributed by atoms with Crippen molar-refractivity contribution in [3.8, 4) is 5.75 Å². The number of benzene rings is 1. The fourth-order valence-corrected chi connectivity index (χ4v) is 1.50. The maximum absolute atomic E-state index is 5.39. The van der Waals surface area contributed by atoms with Crippen LogP contribution in [-0.4, -0.2) is 12.1 Å². The van der Waals surface area contributed by atoms with Crippen LogP contribution in [0.5, 0.6) is 5.75 Å². The summed E-state index contributed by atoms with van der Waals surface area (Å²) in [6, 6.07) is 8.20. The van der Waals surface area contributed by atoms with Gasteiger partial charge in [-0.2, -0.15) is 0 Å². The lowest BCUT2D eigenvalue weighted by Gasteiger charge is -2.01. The van der Waals surface area contributed by atoms with Crippen molar-refractivity contribution in [3.63, 3.8) is 0 Å². The topological polar surface area (TPSA) is 61.3 Å². The molecule has 0 saturated heterocycles. The van der Waals surface area contributed by atoms with E-state index in [1.54, 1.807) is 13.3 Å². The summed E-state index contributed by atoms with van der Waals surface area (Å²) in [6.07, 6.45) is 3.37. The average molecular weight is 218 g/mol. The van der Waals surface area contributed by atoms with Crippen LogP contribution < -0.4 is 10.5 Å². The van der Waals surface area contributed by atoms with Gasteiger partial charge in [0, 0.05) is 6.42 Å². The Hall–Kier alpha value is -1.97. The van der Waals surface area contributed by atoms with Crippen molar-refractivity contribution in [1.82, 2.24) is 4.98 Å². The minimum absolute atomic E-state index is 0.227. The number of methoxy groups -OCH3 is 1. The largest absolute Gasteiger partial charge is 0.497 e. The van der Waals surface area contributed by atoms with Crippen LogP contribution in [-0.2, 0) is 12.8 Å². The molecule has 0 aliphatic heterocycles. The van der Waals surface area contributed by atoms with Crippen molar-refractivity contribution in [3.05, 3.63) is 41.8 Å². The summed E-state index contributed by atoms with van der Waals surface area (Å²) >= 11 is 0.